The summed E-state index contributed by atoms with van der Waals surface area (Å²) in [6.07, 6.45) is 0. The molecule has 4 aromatic rings. The molecule has 1 N–H and O–H groups in total. The van der Waals surface area contributed by atoms with E-state index in [0.29, 0.717) is 33.0 Å². The van der Waals surface area contributed by atoms with Gasteiger partial charge in [0, 0.05) is 27.4 Å². The van der Waals surface area contributed by atoms with E-state index in [4.69, 9.17) is 16.3 Å². The summed E-state index contributed by atoms with van der Waals surface area (Å²) in [6.45, 7) is 4.22. The first-order valence-electron chi connectivity index (χ1n) is 9.78. The molecule has 0 aliphatic carbocycles. The number of esters is 1. The molecule has 0 radical (unpaired) electrons. The van der Waals surface area contributed by atoms with Crippen LogP contribution in [0.5, 0.6) is 0 Å². The Morgan fingerprint density at radius 2 is 2.03 bits per heavy atom. The van der Waals surface area contributed by atoms with E-state index in [2.05, 4.69) is 10.4 Å². The number of nitrogens with one attached hydrogen (secondary N) is 1. The molecule has 0 saturated heterocycles. The first-order chi connectivity index (χ1) is 15.4. The van der Waals surface area contributed by atoms with Crippen LogP contribution in [0.4, 0.5) is 5.00 Å². The van der Waals surface area contributed by atoms with Gasteiger partial charge in [-0.1, -0.05) is 17.7 Å². The van der Waals surface area contributed by atoms with Crippen molar-refractivity contribution in [3.8, 4) is 10.4 Å². The minimum absolute atomic E-state index is 0.195. The van der Waals surface area contributed by atoms with Crippen molar-refractivity contribution >= 4 is 62.1 Å². The summed E-state index contributed by atoms with van der Waals surface area (Å²) < 4.78 is 6.78. The average Bonchev–Trinajstić information content (AvgIpc) is 3.44. The van der Waals surface area contributed by atoms with Gasteiger partial charge in [0.1, 0.15) is 10.6 Å². The van der Waals surface area contributed by atoms with Gasteiger partial charge in [-0.2, -0.15) is 5.10 Å². The van der Waals surface area contributed by atoms with Crippen LogP contribution in [0.15, 0.2) is 45.9 Å². The number of amides is 1. The fourth-order valence-electron chi connectivity index (χ4n) is 3.28. The lowest BCUT2D eigenvalue weighted by molar-refractivity contribution is 0.0529. The van der Waals surface area contributed by atoms with E-state index < -0.39 is 17.3 Å². The van der Waals surface area contributed by atoms with Gasteiger partial charge in [-0.25, -0.2) is 4.79 Å². The predicted octanol–water partition coefficient (Wildman–Crippen LogP) is 5.29. The Morgan fingerprint density at radius 1 is 1.22 bits per heavy atom. The number of aryl methyl sites for hydroxylation is 1. The number of thiophene rings is 2. The number of ether oxygens (including phenoxy) is 1. The monoisotopic (exact) mass is 487 g/mol. The SMILES string of the molecule is CCOC(=O)c1c(-c2cccs2)csc1NC(=O)c1nn(CC)c2ccc(Cl)cc2c1=O. The van der Waals surface area contributed by atoms with Crippen LogP contribution in [0.3, 0.4) is 0 Å². The predicted molar refractivity (Wildman–Crippen MR) is 128 cm³/mol. The summed E-state index contributed by atoms with van der Waals surface area (Å²) in [7, 11) is 0. The molecule has 0 saturated carbocycles. The Kier molecular flexibility index (Phi) is 6.40. The van der Waals surface area contributed by atoms with E-state index in [1.54, 1.807) is 29.1 Å². The van der Waals surface area contributed by atoms with Crippen molar-refractivity contribution in [3.05, 3.63) is 67.6 Å². The largest absolute Gasteiger partial charge is 0.462 e. The van der Waals surface area contributed by atoms with Crippen molar-refractivity contribution in [2.45, 2.75) is 20.4 Å². The summed E-state index contributed by atoms with van der Waals surface area (Å²) in [6, 6.07) is 8.65. The van der Waals surface area contributed by atoms with E-state index in [0.717, 1.165) is 4.88 Å². The average molecular weight is 488 g/mol. The van der Waals surface area contributed by atoms with Gasteiger partial charge in [0.05, 0.1) is 17.5 Å². The molecule has 0 aliphatic heterocycles. The Morgan fingerprint density at radius 3 is 2.72 bits per heavy atom. The molecule has 0 bridgehead atoms. The molecular formula is C22H18ClN3O4S2. The van der Waals surface area contributed by atoms with Crippen LogP contribution in [-0.4, -0.2) is 28.3 Å². The standard InChI is InChI=1S/C22H18ClN3O4S2/c1-3-26-15-8-7-12(23)10-13(15)19(27)18(25-26)20(28)24-21-17(22(29)30-4-2)14(11-32-21)16-6-5-9-31-16/h5-11H,3-4H2,1-2H3,(H,24,28). The lowest BCUT2D eigenvalue weighted by Crippen LogP contribution is -2.27. The maximum absolute atomic E-state index is 13.1. The second-order valence-corrected chi connectivity index (χ2v) is 8.92. The number of nitrogens with zero attached hydrogens (tertiary/aromatic N) is 2. The molecule has 1 amide bonds. The lowest BCUT2D eigenvalue weighted by Gasteiger charge is -2.11. The normalized spacial score (nSPS) is 11.0. The fraction of sp³-hybridized carbons (Fsp3) is 0.182. The van der Waals surface area contributed by atoms with E-state index in [9.17, 15) is 14.4 Å². The molecule has 0 atom stereocenters. The molecule has 0 unspecified atom stereocenters. The molecule has 7 nitrogen and oxygen atoms in total. The maximum atomic E-state index is 13.1. The van der Waals surface area contributed by atoms with Crippen molar-refractivity contribution in [2.24, 2.45) is 0 Å². The van der Waals surface area contributed by atoms with Crippen LogP contribution >= 0.6 is 34.3 Å². The van der Waals surface area contributed by atoms with E-state index >= 15 is 0 Å². The Hall–Kier alpha value is -3.01. The van der Waals surface area contributed by atoms with Crippen LogP contribution < -0.4 is 10.7 Å². The van der Waals surface area contributed by atoms with Gasteiger partial charge < -0.3 is 10.1 Å². The summed E-state index contributed by atoms with van der Waals surface area (Å²) in [5, 5.41) is 11.6. The third-order valence-electron chi connectivity index (χ3n) is 4.72. The van der Waals surface area contributed by atoms with Crippen molar-refractivity contribution in [1.29, 1.82) is 0 Å². The van der Waals surface area contributed by atoms with Crippen LogP contribution in [-0.2, 0) is 11.3 Å². The minimum atomic E-state index is -0.704. The van der Waals surface area contributed by atoms with E-state index in [-0.39, 0.29) is 17.9 Å². The highest BCUT2D eigenvalue weighted by molar-refractivity contribution is 7.17. The number of hydrogen-bond donors (Lipinski definition) is 1. The number of benzene rings is 1. The van der Waals surface area contributed by atoms with Crippen molar-refractivity contribution in [1.82, 2.24) is 9.78 Å². The minimum Gasteiger partial charge on any atom is -0.462 e. The highest BCUT2D eigenvalue weighted by Crippen LogP contribution is 2.38. The van der Waals surface area contributed by atoms with Crippen molar-refractivity contribution in [2.75, 3.05) is 11.9 Å². The smallest absolute Gasteiger partial charge is 0.341 e. The molecule has 1 aromatic carbocycles. The van der Waals surface area contributed by atoms with Crippen molar-refractivity contribution in [3.63, 3.8) is 0 Å². The summed E-state index contributed by atoms with van der Waals surface area (Å²) in [5.41, 5.74) is 0.706. The summed E-state index contributed by atoms with van der Waals surface area (Å²) >= 11 is 8.73. The van der Waals surface area contributed by atoms with Gasteiger partial charge in [-0.3, -0.25) is 14.3 Å². The molecule has 164 valence electrons. The van der Waals surface area contributed by atoms with Crippen LogP contribution in [0.25, 0.3) is 21.3 Å². The summed E-state index contributed by atoms with van der Waals surface area (Å²) in [5.74, 6) is -1.25. The van der Waals surface area contributed by atoms with Gasteiger partial charge in [-0.05, 0) is 43.5 Å². The second-order valence-electron chi connectivity index (χ2n) is 6.66. The third kappa shape index (κ3) is 4.06. The zero-order valence-electron chi connectivity index (χ0n) is 17.2. The number of rotatable bonds is 6. The number of halogens is 1. The number of carbonyl (C=O) groups excluding carboxylic acids is 2. The first kappa shape index (κ1) is 22.2. The van der Waals surface area contributed by atoms with Gasteiger partial charge in [0.15, 0.2) is 5.69 Å². The molecule has 10 heteroatoms. The number of carbonyl (C=O) groups is 2. The lowest BCUT2D eigenvalue weighted by atomic mass is 10.1. The van der Waals surface area contributed by atoms with E-state index in [1.165, 1.54) is 28.7 Å². The molecular weight excluding hydrogens is 470 g/mol. The van der Waals surface area contributed by atoms with Gasteiger partial charge >= 0.3 is 5.97 Å². The highest BCUT2D eigenvalue weighted by atomic mass is 35.5. The molecule has 4 rings (SSSR count). The van der Waals surface area contributed by atoms with Crippen LogP contribution in [0.1, 0.15) is 34.7 Å². The van der Waals surface area contributed by atoms with Gasteiger partial charge in [-0.15, -0.1) is 22.7 Å². The second kappa shape index (κ2) is 9.23. The molecule has 0 fully saturated rings. The van der Waals surface area contributed by atoms with Crippen molar-refractivity contribution < 1.29 is 14.3 Å². The third-order valence-corrected chi connectivity index (χ3v) is 6.75. The number of anilines is 1. The quantitative estimate of drug-likeness (QED) is 0.373. The highest BCUT2D eigenvalue weighted by Gasteiger charge is 2.25. The Labute approximate surface area is 196 Å². The molecule has 0 spiro atoms. The van der Waals surface area contributed by atoms with Crippen LogP contribution in [0, 0.1) is 0 Å². The zero-order chi connectivity index (χ0) is 22.8. The molecule has 3 heterocycles. The van der Waals surface area contributed by atoms with Crippen LogP contribution in [0.2, 0.25) is 5.02 Å². The fourth-order valence-corrected chi connectivity index (χ4v) is 5.22. The van der Waals surface area contributed by atoms with E-state index in [1.807, 2.05) is 24.4 Å². The Balaban J connectivity index is 1.78. The first-order valence-corrected chi connectivity index (χ1v) is 11.9. The zero-order valence-corrected chi connectivity index (χ0v) is 19.6. The topological polar surface area (TPSA) is 90.3 Å². The molecule has 3 aromatic heterocycles. The molecule has 32 heavy (non-hydrogen) atoms. The number of hydrogen-bond acceptors (Lipinski definition) is 7. The van der Waals surface area contributed by atoms with Gasteiger partial charge in [0.25, 0.3) is 5.91 Å². The molecule has 0 aliphatic rings. The maximum Gasteiger partial charge on any atom is 0.341 e. The summed E-state index contributed by atoms with van der Waals surface area (Å²) in [4.78, 5) is 39.7. The number of fused-ring (bicyclic) bond motifs is 1. The number of aromatic nitrogens is 2. The Bertz CT molecular complexity index is 1380. The van der Waals surface area contributed by atoms with Gasteiger partial charge in [0.2, 0.25) is 5.43 Å².